The Balaban J connectivity index is 1.38. The first-order valence-corrected chi connectivity index (χ1v) is 11.3. The summed E-state index contributed by atoms with van der Waals surface area (Å²) in [7, 11) is 0. The maximum atomic E-state index is 13.0. The van der Waals surface area contributed by atoms with Crippen LogP contribution in [0.25, 0.3) is 0 Å². The number of anilines is 1. The molecule has 166 valence electrons. The van der Waals surface area contributed by atoms with Crippen molar-refractivity contribution >= 4 is 39.9 Å². The van der Waals surface area contributed by atoms with E-state index >= 15 is 0 Å². The van der Waals surface area contributed by atoms with Crippen LogP contribution >= 0.6 is 22.9 Å². The molecule has 1 aliphatic heterocycles. The van der Waals surface area contributed by atoms with Crippen LogP contribution in [-0.2, 0) is 22.2 Å². The molecule has 1 aromatic carbocycles. The first kappa shape index (κ1) is 22.1. The summed E-state index contributed by atoms with van der Waals surface area (Å²) in [5, 5.41) is 3.42. The number of carbonyl (C=O) groups excluding carboxylic acids is 2. The smallest absolute Gasteiger partial charge is 0.342 e. The maximum Gasteiger partial charge on any atom is 0.416 e. The first-order valence-electron chi connectivity index (χ1n) is 10.1. The molecule has 0 bridgehead atoms. The molecule has 0 radical (unpaired) electrons. The van der Waals surface area contributed by atoms with Crippen LogP contribution < -0.4 is 5.32 Å². The number of rotatable bonds is 5. The molecular formula is C21H21ClF3N3O2S. The minimum atomic E-state index is -4.44. The zero-order chi connectivity index (χ0) is 22.2. The second-order valence-corrected chi connectivity index (χ2v) is 9.52. The number of hydrogen-bond donors (Lipinski definition) is 1. The predicted molar refractivity (Wildman–Crippen MR) is 112 cm³/mol. The number of hydrogen-bond acceptors (Lipinski definition) is 4. The molecule has 0 spiro atoms. The van der Waals surface area contributed by atoms with Crippen LogP contribution in [0.3, 0.4) is 0 Å². The van der Waals surface area contributed by atoms with Crippen LogP contribution in [0, 0.1) is 11.8 Å². The van der Waals surface area contributed by atoms with E-state index in [1.54, 1.807) is 4.90 Å². The maximum absolute atomic E-state index is 13.0. The Hall–Kier alpha value is -2.13. The number of aromatic nitrogens is 1. The van der Waals surface area contributed by atoms with Gasteiger partial charge < -0.3 is 10.2 Å². The summed E-state index contributed by atoms with van der Waals surface area (Å²) in [4.78, 5) is 31.6. The van der Waals surface area contributed by atoms with Crippen LogP contribution in [0.5, 0.6) is 0 Å². The summed E-state index contributed by atoms with van der Waals surface area (Å²) in [6.45, 7) is 1.11. The lowest BCUT2D eigenvalue weighted by molar-refractivity contribution is -0.138. The summed E-state index contributed by atoms with van der Waals surface area (Å²) in [6.07, 6.45) is 0.630. The second kappa shape index (κ2) is 8.78. The normalized spacial score (nSPS) is 19.4. The van der Waals surface area contributed by atoms with Crippen LogP contribution in [0.2, 0.25) is 5.02 Å². The lowest BCUT2D eigenvalue weighted by Crippen LogP contribution is -2.44. The van der Waals surface area contributed by atoms with Gasteiger partial charge in [-0.2, -0.15) is 13.2 Å². The van der Waals surface area contributed by atoms with Gasteiger partial charge in [0.2, 0.25) is 11.8 Å². The number of thiazole rings is 1. The molecule has 1 aliphatic carbocycles. The Morgan fingerprint density at radius 1 is 1.23 bits per heavy atom. The molecule has 2 heterocycles. The largest absolute Gasteiger partial charge is 0.416 e. The number of nitrogens with one attached hydrogen (secondary N) is 1. The van der Waals surface area contributed by atoms with E-state index in [-0.39, 0.29) is 35.1 Å². The molecule has 1 saturated heterocycles. The van der Waals surface area contributed by atoms with Crippen molar-refractivity contribution in [1.29, 1.82) is 0 Å². The standard InChI is InChI=1S/C21H21ClF3N3O2S/c22-17-6-5-15(21(23,24)25)8-14(17)9-16-10-26-20(31-16)27-18(29)13-2-1-7-28(11-13)19(30)12-3-4-12/h5-6,8,10,12-13H,1-4,7,9,11H2,(H,26,27,29). The van der Waals surface area contributed by atoms with Gasteiger partial charge in [0.1, 0.15) is 0 Å². The number of carbonyl (C=O) groups is 2. The lowest BCUT2D eigenvalue weighted by atomic mass is 9.97. The average Bonchev–Trinajstić information content (AvgIpc) is 3.49. The molecular weight excluding hydrogens is 451 g/mol. The summed E-state index contributed by atoms with van der Waals surface area (Å²) >= 11 is 7.27. The molecule has 2 amide bonds. The Bertz CT molecular complexity index is 990. The van der Waals surface area contributed by atoms with Crippen LogP contribution in [0.1, 0.15) is 41.7 Å². The number of alkyl halides is 3. The van der Waals surface area contributed by atoms with Crippen molar-refractivity contribution in [2.75, 3.05) is 18.4 Å². The zero-order valence-electron chi connectivity index (χ0n) is 16.5. The van der Waals surface area contributed by atoms with Gasteiger partial charge in [-0.15, -0.1) is 11.3 Å². The van der Waals surface area contributed by atoms with Crippen molar-refractivity contribution < 1.29 is 22.8 Å². The number of nitrogens with zero attached hydrogens (tertiary/aromatic N) is 2. The Kier molecular flexibility index (Phi) is 6.25. The van der Waals surface area contributed by atoms with E-state index in [2.05, 4.69) is 10.3 Å². The number of amides is 2. The van der Waals surface area contributed by atoms with E-state index < -0.39 is 11.7 Å². The Morgan fingerprint density at radius 3 is 2.71 bits per heavy atom. The van der Waals surface area contributed by atoms with Gasteiger partial charge in [0.05, 0.1) is 11.5 Å². The van der Waals surface area contributed by atoms with Gasteiger partial charge in [0, 0.05) is 41.5 Å². The average molecular weight is 472 g/mol. The fourth-order valence-electron chi connectivity index (χ4n) is 3.71. The van der Waals surface area contributed by atoms with E-state index in [9.17, 15) is 22.8 Å². The van der Waals surface area contributed by atoms with Crippen molar-refractivity contribution in [2.24, 2.45) is 11.8 Å². The van der Waals surface area contributed by atoms with Gasteiger partial charge >= 0.3 is 6.18 Å². The topological polar surface area (TPSA) is 62.3 Å². The Morgan fingerprint density at radius 2 is 2.00 bits per heavy atom. The van der Waals surface area contributed by atoms with Gasteiger partial charge in [0.25, 0.3) is 0 Å². The molecule has 1 N–H and O–H groups in total. The fraction of sp³-hybridized carbons (Fsp3) is 0.476. The van der Waals surface area contributed by atoms with Crippen molar-refractivity contribution in [3.8, 4) is 0 Å². The van der Waals surface area contributed by atoms with E-state index in [1.165, 1.54) is 23.6 Å². The molecule has 1 saturated carbocycles. The van der Waals surface area contributed by atoms with Crippen LogP contribution in [-0.4, -0.2) is 34.8 Å². The van der Waals surface area contributed by atoms with Crippen LogP contribution in [0.15, 0.2) is 24.4 Å². The third-order valence-corrected chi connectivity index (χ3v) is 6.83. The molecule has 1 unspecified atom stereocenters. The molecule has 1 atom stereocenters. The molecule has 4 rings (SSSR count). The SMILES string of the molecule is O=C(Nc1ncc(Cc2cc(C(F)(F)F)ccc2Cl)s1)C1CCCN(C(=O)C2CC2)C1. The van der Waals surface area contributed by atoms with E-state index in [0.717, 1.165) is 31.4 Å². The molecule has 2 aromatic rings. The molecule has 10 heteroatoms. The highest BCUT2D eigenvalue weighted by Crippen LogP contribution is 2.34. The highest BCUT2D eigenvalue weighted by Gasteiger charge is 2.37. The number of likely N-dealkylation sites (tertiary alicyclic amines) is 1. The highest BCUT2D eigenvalue weighted by molar-refractivity contribution is 7.15. The third kappa shape index (κ3) is 5.38. The molecule has 5 nitrogen and oxygen atoms in total. The molecule has 1 aromatic heterocycles. The quantitative estimate of drug-likeness (QED) is 0.668. The summed E-state index contributed by atoms with van der Waals surface area (Å²) < 4.78 is 38.9. The zero-order valence-corrected chi connectivity index (χ0v) is 18.1. The second-order valence-electron chi connectivity index (χ2n) is 8.00. The third-order valence-electron chi connectivity index (χ3n) is 5.55. The van der Waals surface area contributed by atoms with Crippen molar-refractivity contribution in [2.45, 2.75) is 38.3 Å². The van der Waals surface area contributed by atoms with Crippen molar-refractivity contribution in [1.82, 2.24) is 9.88 Å². The number of benzene rings is 1. The number of halogens is 4. The number of piperidine rings is 1. The van der Waals surface area contributed by atoms with E-state index in [4.69, 9.17) is 11.6 Å². The predicted octanol–water partition coefficient (Wildman–Crippen LogP) is 4.99. The van der Waals surface area contributed by atoms with Crippen molar-refractivity contribution in [3.05, 3.63) is 45.4 Å². The minimum Gasteiger partial charge on any atom is -0.342 e. The fourth-order valence-corrected chi connectivity index (χ4v) is 4.73. The molecule has 2 aliphatic rings. The van der Waals surface area contributed by atoms with Gasteiger partial charge in [-0.1, -0.05) is 11.6 Å². The van der Waals surface area contributed by atoms with Gasteiger partial charge in [0.15, 0.2) is 5.13 Å². The summed E-state index contributed by atoms with van der Waals surface area (Å²) in [5.74, 6) is -0.203. The Labute approximate surface area is 186 Å². The monoisotopic (exact) mass is 471 g/mol. The molecule has 2 fully saturated rings. The van der Waals surface area contributed by atoms with E-state index in [0.29, 0.717) is 35.1 Å². The lowest BCUT2D eigenvalue weighted by Gasteiger charge is -2.32. The van der Waals surface area contributed by atoms with Crippen LogP contribution in [0.4, 0.5) is 18.3 Å². The summed E-state index contributed by atoms with van der Waals surface area (Å²) in [6, 6.07) is 3.22. The van der Waals surface area contributed by atoms with E-state index in [1.807, 2.05) is 0 Å². The first-order chi connectivity index (χ1) is 14.7. The van der Waals surface area contributed by atoms with Gasteiger partial charge in [-0.3, -0.25) is 9.59 Å². The summed E-state index contributed by atoms with van der Waals surface area (Å²) in [5.41, 5.74) is -0.410. The van der Waals surface area contributed by atoms with Gasteiger partial charge in [-0.05, 0) is 49.4 Å². The minimum absolute atomic E-state index is 0.131. The van der Waals surface area contributed by atoms with Crippen molar-refractivity contribution in [3.63, 3.8) is 0 Å². The molecule has 31 heavy (non-hydrogen) atoms. The highest BCUT2D eigenvalue weighted by atomic mass is 35.5. The van der Waals surface area contributed by atoms with Gasteiger partial charge in [-0.25, -0.2) is 4.98 Å².